The molecule has 0 aliphatic carbocycles. The molecule has 1 heterocycles. The van der Waals surface area contributed by atoms with E-state index in [1.807, 2.05) is 0 Å². The molecule has 0 spiro atoms. The van der Waals surface area contributed by atoms with Crippen molar-refractivity contribution >= 4 is 11.9 Å². The molecule has 1 aromatic rings. The zero-order valence-corrected chi connectivity index (χ0v) is 13.8. The average Bonchev–Trinajstić information content (AvgIpc) is 2.60. The van der Waals surface area contributed by atoms with Crippen molar-refractivity contribution in [3.8, 4) is 5.75 Å². The maximum absolute atomic E-state index is 11.4. The van der Waals surface area contributed by atoms with Gasteiger partial charge >= 0.3 is 5.97 Å². The molecule has 0 bridgehead atoms. The fourth-order valence-corrected chi connectivity index (χ4v) is 2.49. The predicted molar refractivity (Wildman–Crippen MR) is 83.8 cm³/mol. The fraction of sp³-hybridized carbons (Fsp3) is 0.500. The predicted octanol–water partition coefficient (Wildman–Crippen LogP) is -1.20. The lowest BCUT2D eigenvalue weighted by atomic mass is 9.97. The number of aliphatic hydroxyl groups is 3. The van der Waals surface area contributed by atoms with E-state index in [0.29, 0.717) is 11.3 Å². The van der Waals surface area contributed by atoms with E-state index in [1.165, 1.54) is 38.3 Å². The number of carbonyl (C=O) groups is 2. The van der Waals surface area contributed by atoms with Gasteiger partial charge in [0.25, 0.3) is 0 Å². The zero-order valence-electron chi connectivity index (χ0n) is 13.8. The highest BCUT2D eigenvalue weighted by Gasteiger charge is 2.46. The minimum absolute atomic E-state index is 0.299. The molecule has 0 unspecified atom stereocenters. The summed E-state index contributed by atoms with van der Waals surface area (Å²) in [6, 6.07) is 4.89. The molecule has 1 aliphatic rings. The number of rotatable bonds is 5. The van der Waals surface area contributed by atoms with E-state index in [9.17, 15) is 24.9 Å². The normalized spacial score (nSPS) is 28.9. The lowest BCUT2D eigenvalue weighted by Gasteiger charge is -2.42. The Morgan fingerprint density at radius 2 is 1.84 bits per heavy atom. The van der Waals surface area contributed by atoms with E-state index in [1.54, 1.807) is 0 Å². The van der Waals surface area contributed by atoms with Gasteiger partial charge in [0.2, 0.25) is 12.2 Å². The van der Waals surface area contributed by atoms with Crippen molar-refractivity contribution in [2.24, 2.45) is 0 Å². The second-order valence-electron chi connectivity index (χ2n) is 5.57. The lowest BCUT2D eigenvalue weighted by molar-refractivity contribution is -0.244. The number of amides is 1. The van der Waals surface area contributed by atoms with Crippen molar-refractivity contribution in [2.45, 2.75) is 37.6 Å². The molecule has 1 aromatic carbocycles. The second kappa shape index (κ2) is 8.26. The van der Waals surface area contributed by atoms with Crippen molar-refractivity contribution < 1.29 is 39.1 Å². The molecule has 2 rings (SSSR count). The Bertz CT molecular complexity index is 605. The third-order valence-electron chi connectivity index (χ3n) is 3.78. The zero-order chi connectivity index (χ0) is 18.6. The molecule has 1 fully saturated rings. The first-order valence-corrected chi connectivity index (χ1v) is 7.62. The van der Waals surface area contributed by atoms with Crippen molar-refractivity contribution in [1.29, 1.82) is 0 Å². The number of benzene rings is 1. The van der Waals surface area contributed by atoms with Gasteiger partial charge in [-0.3, -0.25) is 4.79 Å². The van der Waals surface area contributed by atoms with Crippen LogP contribution < -0.4 is 10.1 Å². The second-order valence-corrected chi connectivity index (χ2v) is 5.57. The van der Waals surface area contributed by atoms with E-state index in [0.717, 1.165) is 0 Å². The van der Waals surface area contributed by atoms with Gasteiger partial charge in [-0.25, -0.2) is 4.79 Å². The van der Waals surface area contributed by atoms with E-state index in [2.05, 4.69) is 10.1 Å². The molecule has 0 saturated carbocycles. The van der Waals surface area contributed by atoms with Crippen LogP contribution in [0.2, 0.25) is 0 Å². The van der Waals surface area contributed by atoms with Crippen LogP contribution in [0.4, 0.5) is 0 Å². The smallest absolute Gasteiger partial charge is 0.337 e. The number of esters is 1. The van der Waals surface area contributed by atoms with Gasteiger partial charge in [-0.05, 0) is 24.3 Å². The molecular weight excluding hydrogens is 334 g/mol. The summed E-state index contributed by atoms with van der Waals surface area (Å²) in [6.07, 6.45) is -5.00. The average molecular weight is 355 g/mol. The van der Waals surface area contributed by atoms with Gasteiger partial charge in [-0.2, -0.15) is 0 Å². The number of methoxy groups -OCH3 is 1. The highest BCUT2D eigenvalue weighted by Crippen LogP contribution is 2.24. The van der Waals surface area contributed by atoms with Crippen LogP contribution in [0.3, 0.4) is 0 Å². The number of hydrogen-bond acceptors (Lipinski definition) is 8. The number of aliphatic hydroxyl groups excluding tert-OH is 3. The Labute approximate surface area is 144 Å². The number of hydrogen-bond donors (Lipinski definition) is 4. The van der Waals surface area contributed by atoms with E-state index in [-0.39, 0.29) is 0 Å². The van der Waals surface area contributed by atoms with Crippen LogP contribution in [0.5, 0.6) is 5.75 Å². The third-order valence-corrected chi connectivity index (χ3v) is 3.78. The van der Waals surface area contributed by atoms with Crippen molar-refractivity contribution in [3.05, 3.63) is 29.8 Å². The maximum atomic E-state index is 11.4. The quantitative estimate of drug-likeness (QED) is 0.484. The molecule has 1 amide bonds. The Kier molecular flexibility index (Phi) is 6.32. The highest BCUT2D eigenvalue weighted by molar-refractivity contribution is 5.89. The monoisotopic (exact) mass is 355 g/mol. The topological polar surface area (TPSA) is 135 Å². The molecule has 5 atom stereocenters. The number of nitrogens with one attached hydrogen (secondary N) is 1. The van der Waals surface area contributed by atoms with Crippen molar-refractivity contribution in [1.82, 2.24) is 5.32 Å². The summed E-state index contributed by atoms with van der Waals surface area (Å²) in [4.78, 5) is 22.8. The molecule has 0 radical (unpaired) electrons. The van der Waals surface area contributed by atoms with Crippen molar-refractivity contribution in [3.63, 3.8) is 0 Å². The first kappa shape index (κ1) is 19.1. The van der Waals surface area contributed by atoms with Crippen molar-refractivity contribution in [2.75, 3.05) is 13.7 Å². The fourth-order valence-electron chi connectivity index (χ4n) is 2.49. The van der Waals surface area contributed by atoms with Gasteiger partial charge in [0.1, 0.15) is 30.1 Å². The molecule has 4 N–H and O–H groups in total. The summed E-state index contributed by atoms with van der Waals surface area (Å²) in [5.41, 5.74) is 0.321. The summed E-state index contributed by atoms with van der Waals surface area (Å²) in [6.45, 7) is 0.714. The Morgan fingerprint density at radius 3 is 2.36 bits per heavy atom. The summed E-state index contributed by atoms with van der Waals surface area (Å²) in [5, 5.41) is 31.9. The summed E-state index contributed by atoms with van der Waals surface area (Å²) in [5.74, 6) is -0.652. The molecule has 9 nitrogen and oxygen atoms in total. The van der Waals surface area contributed by atoms with Crippen LogP contribution in [0.15, 0.2) is 24.3 Å². The first-order chi connectivity index (χ1) is 11.9. The van der Waals surface area contributed by atoms with Gasteiger partial charge in [0.05, 0.1) is 19.3 Å². The first-order valence-electron chi connectivity index (χ1n) is 7.62. The van der Waals surface area contributed by atoms with E-state index < -0.39 is 49.1 Å². The molecule has 0 aromatic heterocycles. The van der Waals surface area contributed by atoms with Gasteiger partial charge in [0, 0.05) is 6.92 Å². The molecule has 1 aliphatic heterocycles. The SMILES string of the molecule is COC(=O)c1ccc(O[C@H]2O[C@H](CO)[C@@H](O)[C@@H](O)[C@@H]2NC(C)=O)cc1. The highest BCUT2D eigenvalue weighted by atomic mass is 16.7. The number of carbonyl (C=O) groups excluding carboxylic acids is 2. The largest absolute Gasteiger partial charge is 0.465 e. The maximum Gasteiger partial charge on any atom is 0.337 e. The minimum atomic E-state index is -1.39. The Balaban J connectivity index is 2.17. The van der Waals surface area contributed by atoms with Gasteiger partial charge in [0.15, 0.2) is 0 Å². The van der Waals surface area contributed by atoms with E-state index >= 15 is 0 Å². The molecular formula is C16H21NO8. The molecule has 138 valence electrons. The Morgan fingerprint density at radius 1 is 1.20 bits per heavy atom. The standard InChI is InChI=1S/C16H21NO8/c1-8(19)17-12-14(21)13(20)11(7-18)25-16(12)24-10-5-3-9(4-6-10)15(22)23-2/h3-6,11-14,16,18,20-21H,7H2,1-2H3,(H,17,19)/t11-,12+,13-,14+,16+/m1/s1. The minimum Gasteiger partial charge on any atom is -0.465 e. The summed E-state index contributed by atoms with van der Waals surface area (Å²) in [7, 11) is 1.27. The summed E-state index contributed by atoms with van der Waals surface area (Å²) < 4.78 is 15.7. The molecule has 1 saturated heterocycles. The van der Waals surface area contributed by atoms with Crippen LogP contribution in [-0.2, 0) is 14.3 Å². The summed E-state index contributed by atoms with van der Waals surface area (Å²) >= 11 is 0. The van der Waals surface area contributed by atoms with Crippen LogP contribution in [0, 0.1) is 0 Å². The van der Waals surface area contributed by atoms with Crippen LogP contribution in [0.25, 0.3) is 0 Å². The van der Waals surface area contributed by atoms with Crippen LogP contribution in [0.1, 0.15) is 17.3 Å². The van der Waals surface area contributed by atoms with Gasteiger partial charge in [-0.1, -0.05) is 0 Å². The number of ether oxygens (including phenoxy) is 3. The van der Waals surface area contributed by atoms with E-state index in [4.69, 9.17) is 9.47 Å². The Hall–Kier alpha value is -2.20. The van der Waals surface area contributed by atoms with Crippen LogP contribution in [-0.4, -0.2) is 71.6 Å². The van der Waals surface area contributed by atoms with Crippen LogP contribution >= 0.6 is 0 Å². The lowest BCUT2D eigenvalue weighted by Crippen LogP contribution is -2.65. The van der Waals surface area contributed by atoms with Gasteiger partial charge in [-0.15, -0.1) is 0 Å². The van der Waals surface area contributed by atoms with Gasteiger partial charge < -0.3 is 34.8 Å². The third kappa shape index (κ3) is 4.45. The molecule has 9 heteroatoms. The molecule has 25 heavy (non-hydrogen) atoms.